The van der Waals surface area contributed by atoms with Crippen molar-refractivity contribution in [3.05, 3.63) is 45.4 Å². The van der Waals surface area contributed by atoms with Gasteiger partial charge in [-0.25, -0.2) is 4.98 Å². The number of alkyl halides is 3. The summed E-state index contributed by atoms with van der Waals surface area (Å²) >= 11 is 1.42. The molecule has 1 heterocycles. The summed E-state index contributed by atoms with van der Waals surface area (Å²) in [7, 11) is 0. The van der Waals surface area contributed by atoms with E-state index in [1.807, 2.05) is 6.92 Å². The summed E-state index contributed by atoms with van der Waals surface area (Å²) in [6, 6.07) is 2.95. The Bertz CT molecular complexity index is 610. The number of anilines is 1. The highest BCUT2D eigenvalue weighted by Crippen LogP contribution is 2.33. The molecule has 1 unspecified atom stereocenters. The van der Waals surface area contributed by atoms with Crippen molar-refractivity contribution in [2.24, 2.45) is 0 Å². The van der Waals surface area contributed by atoms with Gasteiger partial charge in [-0.2, -0.15) is 13.2 Å². The molecule has 0 fully saturated rings. The SMILES string of the molecule is Cc1nc(CC(O)c2cc(C(F)(F)F)ccc2N)cs1. The van der Waals surface area contributed by atoms with Crippen molar-refractivity contribution in [2.75, 3.05) is 5.73 Å². The van der Waals surface area contributed by atoms with Crippen molar-refractivity contribution in [3.63, 3.8) is 0 Å². The zero-order valence-electron chi connectivity index (χ0n) is 10.6. The van der Waals surface area contributed by atoms with Gasteiger partial charge >= 0.3 is 6.18 Å². The van der Waals surface area contributed by atoms with Crippen LogP contribution in [-0.2, 0) is 12.6 Å². The molecule has 1 aromatic carbocycles. The number of aryl methyl sites for hydroxylation is 1. The molecule has 1 atom stereocenters. The fraction of sp³-hybridized carbons (Fsp3) is 0.308. The molecule has 108 valence electrons. The van der Waals surface area contributed by atoms with Crippen LogP contribution in [0.25, 0.3) is 0 Å². The van der Waals surface area contributed by atoms with E-state index in [2.05, 4.69) is 4.98 Å². The van der Waals surface area contributed by atoms with E-state index >= 15 is 0 Å². The molecule has 2 aromatic rings. The summed E-state index contributed by atoms with van der Waals surface area (Å²) < 4.78 is 38.0. The van der Waals surface area contributed by atoms with Gasteiger partial charge in [-0.15, -0.1) is 11.3 Å². The molecule has 3 N–H and O–H groups in total. The monoisotopic (exact) mass is 302 g/mol. The quantitative estimate of drug-likeness (QED) is 0.855. The van der Waals surface area contributed by atoms with E-state index in [9.17, 15) is 18.3 Å². The summed E-state index contributed by atoms with van der Waals surface area (Å²) in [5.41, 5.74) is 5.67. The Morgan fingerprint density at radius 3 is 2.65 bits per heavy atom. The maximum atomic E-state index is 12.7. The van der Waals surface area contributed by atoms with Gasteiger partial charge in [0.25, 0.3) is 0 Å². The van der Waals surface area contributed by atoms with Crippen LogP contribution in [0, 0.1) is 6.92 Å². The molecule has 0 saturated heterocycles. The molecule has 20 heavy (non-hydrogen) atoms. The molecule has 2 rings (SSSR count). The lowest BCUT2D eigenvalue weighted by atomic mass is 10.0. The average Bonchev–Trinajstić information content (AvgIpc) is 2.73. The number of nitrogens with zero attached hydrogens (tertiary/aromatic N) is 1. The Morgan fingerprint density at radius 2 is 2.10 bits per heavy atom. The lowest BCUT2D eigenvalue weighted by Crippen LogP contribution is -2.10. The van der Waals surface area contributed by atoms with Gasteiger partial charge in [-0.3, -0.25) is 0 Å². The molecule has 0 saturated carbocycles. The van der Waals surface area contributed by atoms with E-state index in [4.69, 9.17) is 5.73 Å². The lowest BCUT2D eigenvalue weighted by molar-refractivity contribution is -0.137. The number of aliphatic hydroxyl groups excluding tert-OH is 1. The van der Waals surface area contributed by atoms with Crippen LogP contribution in [0.3, 0.4) is 0 Å². The number of halogens is 3. The highest BCUT2D eigenvalue weighted by molar-refractivity contribution is 7.09. The van der Waals surface area contributed by atoms with Crippen LogP contribution in [-0.4, -0.2) is 10.1 Å². The van der Waals surface area contributed by atoms with Gasteiger partial charge in [-0.1, -0.05) is 0 Å². The minimum Gasteiger partial charge on any atom is -0.398 e. The molecule has 0 bridgehead atoms. The van der Waals surface area contributed by atoms with Crippen LogP contribution in [0.2, 0.25) is 0 Å². The Kier molecular flexibility index (Phi) is 4.01. The average molecular weight is 302 g/mol. The molecular weight excluding hydrogens is 289 g/mol. The normalized spacial score (nSPS) is 13.4. The first kappa shape index (κ1) is 14.8. The topological polar surface area (TPSA) is 59.1 Å². The first-order valence-corrected chi connectivity index (χ1v) is 6.71. The standard InChI is InChI=1S/C13H13F3N2OS/c1-7-18-9(6-20-7)5-12(19)10-4-8(13(14,15)16)2-3-11(10)17/h2-4,6,12,19H,5,17H2,1H3. The Morgan fingerprint density at radius 1 is 1.40 bits per heavy atom. The number of nitrogen functional groups attached to an aromatic ring is 1. The third kappa shape index (κ3) is 3.29. The van der Waals surface area contributed by atoms with Gasteiger partial charge in [-0.05, 0) is 25.1 Å². The number of hydrogen-bond donors (Lipinski definition) is 2. The Balaban J connectivity index is 2.27. The number of aliphatic hydroxyl groups is 1. The number of rotatable bonds is 3. The summed E-state index contributed by atoms with van der Waals surface area (Å²) in [5.74, 6) is 0. The molecule has 0 amide bonds. The van der Waals surface area contributed by atoms with E-state index < -0.39 is 17.8 Å². The second-order valence-electron chi connectivity index (χ2n) is 4.42. The molecular formula is C13H13F3N2OS. The van der Waals surface area contributed by atoms with Gasteiger partial charge in [0.15, 0.2) is 0 Å². The Hall–Kier alpha value is -1.60. The smallest absolute Gasteiger partial charge is 0.398 e. The highest BCUT2D eigenvalue weighted by atomic mass is 32.1. The number of thiazole rings is 1. The third-order valence-corrected chi connectivity index (χ3v) is 3.66. The maximum Gasteiger partial charge on any atom is 0.416 e. The third-order valence-electron chi connectivity index (χ3n) is 2.84. The number of benzene rings is 1. The summed E-state index contributed by atoms with van der Waals surface area (Å²) in [4.78, 5) is 4.17. The van der Waals surface area contributed by atoms with Gasteiger partial charge < -0.3 is 10.8 Å². The summed E-state index contributed by atoms with van der Waals surface area (Å²) in [6.07, 6.45) is -5.44. The fourth-order valence-electron chi connectivity index (χ4n) is 1.85. The molecule has 1 aromatic heterocycles. The summed E-state index contributed by atoms with van der Waals surface area (Å²) in [6.45, 7) is 1.82. The molecule has 0 spiro atoms. The fourth-order valence-corrected chi connectivity index (χ4v) is 2.48. The van der Waals surface area contributed by atoms with Crippen molar-refractivity contribution in [2.45, 2.75) is 25.6 Å². The van der Waals surface area contributed by atoms with E-state index in [0.29, 0.717) is 5.69 Å². The van der Waals surface area contributed by atoms with Crippen LogP contribution in [0.1, 0.15) is 27.9 Å². The lowest BCUT2D eigenvalue weighted by Gasteiger charge is -2.15. The van der Waals surface area contributed by atoms with E-state index in [1.165, 1.54) is 11.3 Å². The van der Waals surface area contributed by atoms with Gasteiger partial charge in [0.2, 0.25) is 0 Å². The molecule has 0 aliphatic heterocycles. The van der Waals surface area contributed by atoms with Gasteiger partial charge in [0.1, 0.15) is 0 Å². The number of hydrogen-bond acceptors (Lipinski definition) is 4. The van der Waals surface area contributed by atoms with E-state index in [1.54, 1.807) is 5.38 Å². The van der Waals surface area contributed by atoms with E-state index in [-0.39, 0.29) is 17.7 Å². The predicted octanol–water partition coefficient (Wildman–Crippen LogP) is 3.33. The minimum absolute atomic E-state index is 0.0745. The maximum absolute atomic E-state index is 12.7. The molecule has 0 radical (unpaired) electrons. The predicted molar refractivity (Wildman–Crippen MR) is 71.4 cm³/mol. The van der Waals surface area contributed by atoms with Crippen LogP contribution in [0.15, 0.2) is 23.6 Å². The Labute approximate surface area is 117 Å². The van der Waals surface area contributed by atoms with Crippen molar-refractivity contribution < 1.29 is 18.3 Å². The van der Waals surface area contributed by atoms with Crippen molar-refractivity contribution in [1.82, 2.24) is 4.98 Å². The van der Waals surface area contributed by atoms with Gasteiger partial charge in [0, 0.05) is 23.1 Å². The number of nitrogens with two attached hydrogens (primary N) is 1. The molecule has 3 nitrogen and oxygen atoms in total. The van der Waals surface area contributed by atoms with Crippen LogP contribution >= 0.6 is 11.3 Å². The van der Waals surface area contributed by atoms with Crippen LogP contribution < -0.4 is 5.73 Å². The zero-order valence-corrected chi connectivity index (χ0v) is 11.4. The van der Waals surface area contributed by atoms with Gasteiger partial charge in [0.05, 0.1) is 22.4 Å². The second kappa shape index (κ2) is 5.41. The van der Waals surface area contributed by atoms with Crippen molar-refractivity contribution in [1.29, 1.82) is 0 Å². The molecule has 0 aliphatic carbocycles. The van der Waals surface area contributed by atoms with Crippen LogP contribution in [0.5, 0.6) is 0 Å². The van der Waals surface area contributed by atoms with Crippen LogP contribution in [0.4, 0.5) is 18.9 Å². The van der Waals surface area contributed by atoms with Crippen molar-refractivity contribution in [3.8, 4) is 0 Å². The second-order valence-corrected chi connectivity index (χ2v) is 5.48. The molecule has 7 heteroatoms. The zero-order chi connectivity index (χ0) is 14.9. The summed E-state index contributed by atoms with van der Waals surface area (Å²) in [5, 5.41) is 12.7. The largest absolute Gasteiger partial charge is 0.416 e. The van der Waals surface area contributed by atoms with E-state index in [0.717, 1.165) is 23.2 Å². The first-order valence-electron chi connectivity index (χ1n) is 5.83. The highest BCUT2D eigenvalue weighted by Gasteiger charge is 2.31. The van der Waals surface area contributed by atoms with Crippen molar-refractivity contribution >= 4 is 17.0 Å². The first-order chi connectivity index (χ1) is 9.27. The number of aromatic nitrogens is 1. The molecule has 0 aliphatic rings. The minimum atomic E-state index is -4.46.